The van der Waals surface area contributed by atoms with Gasteiger partial charge in [-0.15, -0.1) is 0 Å². The number of hydrogen-bond donors (Lipinski definition) is 2. The van der Waals surface area contributed by atoms with Gasteiger partial charge in [0.25, 0.3) is 0 Å². The maximum absolute atomic E-state index is 12.7. The summed E-state index contributed by atoms with van der Waals surface area (Å²) in [5.74, 6) is 0.0410. The predicted octanol–water partition coefficient (Wildman–Crippen LogP) is 3.08. The van der Waals surface area contributed by atoms with Gasteiger partial charge in [-0.25, -0.2) is 4.57 Å². The number of hydrogen-bond acceptors (Lipinski definition) is 5. The number of fused-ring (bicyclic) bond motifs is 1. The topological polar surface area (TPSA) is 76.2 Å². The van der Waals surface area contributed by atoms with Gasteiger partial charge in [0.15, 0.2) is 6.54 Å². The number of benzene rings is 2. The smallest absolute Gasteiger partial charge is 0.333 e. The summed E-state index contributed by atoms with van der Waals surface area (Å²) >= 11 is 1.44. The number of rotatable bonds is 6. The number of carbonyl (C=O) groups excluding carboxylic acids is 1. The summed E-state index contributed by atoms with van der Waals surface area (Å²) in [6, 6.07) is 13.4. The van der Waals surface area contributed by atoms with E-state index in [1.807, 2.05) is 47.0 Å². The third kappa shape index (κ3) is 3.44. The molecule has 2 aromatic carbocycles. The Balaban J connectivity index is 1.84. The van der Waals surface area contributed by atoms with Crippen LogP contribution in [0.1, 0.15) is 24.2 Å². The third-order valence-corrected chi connectivity index (χ3v) is 5.35. The van der Waals surface area contributed by atoms with E-state index in [-0.39, 0.29) is 12.3 Å². The molecule has 3 aromatic rings. The van der Waals surface area contributed by atoms with Crippen molar-refractivity contribution in [3.05, 3.63) is 48.0 Å². The quantitative estimate of drug-likeness (QED) is 0.405. The van der Waals surface area contributed by atoms with Crippen molar-refractivity contribution in [3.63, 3.8) is 0 Å². The molecule has 0 unspecified atom stereocenters. The van der Waals surface area contributed by atoms with Crippen LogP contribution in [0.25, 0.3) is 10.2 Å². The summed E-state index contributed by atoms with van der Waals surface area (Å²) in [6.45, 7) is 6.35. The van der Waals surface area contributed by atoms with Crippen LogP contribution in [0.3, 0.4) is 0 Å². The van der Waals surface area contributed by atoms with Crippen LogP contribution >= 0.6 is 11.3 Å². The van der Waals surface area contributed by atoms with Gasteiger partial charge in [-0.2, -0.15) is 0 Å². The first-order chi connectivity index (χ1) is 12.0. The van der Waals surface area contributed by atoms with E-state index in [2.05, 4.69) is 18.7 Å². The van der Waals surface area contributed by atoms with Gasteiger partial charge in [0.1, 0.15) is 5.52 Å². The van der Waals surface area contributed by atoms with E-state index in [4.69, 9.17) is 11.5 Å². The number of thiazole rings is 1. The van der Waals surface area contributed by atoms with Crippen LogP contribution < -0.4 is 20.9 Å². The van der Waals surface area contributed by atoms with Crippen molar-refractivity contribution in [2.75, 3.05) is 29.5 Å². The lowest BCUT2D eigenvalue weighted by molar-refractivity contribution is -0.638. The van der Waals surface area contributed by atoms with Gasteiger partial charge in [-0.1, -0.05) is 0 Å². The van der Waals surface area contributed by atoms with E-state index in [1.165, 1.54) is 11.3 Å². The monoisotopic (exact) mass is 355 g/mol. The molecule has 0 aliphatic rings. The fourth-order valence-corrected chi connectivity index (χ4v) is 3.94. The Hall–Kier alpha value is -2.60. The van der Waals surface area contributed by atoms with Gasteiger partial charge >= 0.3 is 5.13 Å². The first-order valence-electron chi connectivity index (χ1n) is 8.39. The number of nitrogen functional groups attached to an aromatic ring is 2. The molecule has 0 bridgehead atoms. The van der Waals surface area contributed by atoms with E-state index in [9.17, 15) is 4.79 Å². The summed E-state index contributed by atoms with van der Waals surface area (Å²) < 4.78 is 2.84. The highest BCUT2D eigenvalue weighted by Crippen LogP contribution is 2.24. The van der Waals surface area contributed by atoms with Crippen LogP contribution in [0.5, 0.6) is 0 Å². The summed E-state index contributed by atoms with van der Waals surface area (Å²) in [4.78, 5) is 14.9. The van der Waals surface area contributed by atoms with Gasteiger partial charge in [-0.3, -0.25) is 10.5 Å². The average Bonchev–Trinajstić information content (AvgIpc) is 2.91. The van der Waals surface area contributed by atoms with Gasteiger partial charge in [-0.05, 0) is 67.6 Å². The molecule has 0 amide bonds. The molecule has 0 atom stereocenters. The Morgan fingerprint density at radius 3 is 2.40 bits per heavy atom. The van der Waals surface area contributed by atoms with Crippen LogP contribution in [0.15, 0.2) is 42.5 Å². The zero-order valence-corrected chi connectivity index (χ0v) is 15.3. The zero-order chi connectivity index (χ0) is 18.0. The van der Waals surface area contributed by atoms with Crippen LogP contribution in [0.4, 0.5) is 16.5 Å². The Morgan fingerprint density at radius 1 is 1.08 bits per heavy atom. The Morgan fingerprint density at radius 2 is 1.76 bits per heavy atom. The minimum Gasteiger partial charge on any atom is -0.399 e. The molecule has 25 heavy (non-hydrogen) atoms. The zero-order valence-electron chi connectivity index (χ0n) is 14.5. The maximum atomic E-state index is 12.7. The highest BCUT2D eigenvalue weighted by molar-refractivity contribution is 7.21. The molecule has 1 aromatic heterocycles. The number of carbonyl (C=O) groups is 1. The van der Waals surface area contributed by atoms with E-state index in [0.29, 0.717) is 16.4 Å². The van der Waals surface area contributed by atoms with Crippen molar-refractivity contribution in [2.24, 2.45) is 0 Å². The highest BCUT2D eigenvalue weighted by atomic mass is 32.1. The number of Topliss-reactive ketones (excluding diaryl/α,β-unsaturated/α-hetero) is 1. The second-order valence-corrected chi connectivity index (χ2v) is 6.96. The minimum absolute atomic E-state index is 0.0410. The molecule has 0 saturated heterocycles. The van der Waals surface area contributed by atoms with Crippen LogP contribution in [-0.4, -0.2) is 18.9 Å². The molecule has 0 saturated carbocycles. The van der Waals surface area contributed by atoms with E-state index in [1.54, 1.807) is 0 Å². The predicted molar refractivity (Wildman–Crippen MR) is 105 cm³/mol. The van der Waals surface area contributed by atoms with Crippen LogP contribution in [-0.2, 0) is 6.54 Å². The van der Waals surface area contributed by atoms with E-state index >= 15 is 0 Å². The lowest BCUT2D eigenvalue weighted by Crippen LogP contribution is -2.39. The van der Waals surface area contributed by atoms with Gasteiger partial charge in [0.05, 0.1) is 4.70 Å². The molecular weight excluding hydrogens is 332 g/mol. The lowest BCUT2D eigenvalue weighted by Gasteiger charge is -2.20. The lowest BCUT2D eigenvalue weighted by atomic mass is 10.1. The Bertz CT molecular complexity index is 898. The van der Waals surface area contributed by atoms with Crippen LogP contribution in [0, 0.1) is 0 Å². The molecule has 0 radical (unpaired) electrons. The van der Waals surface area contributed by atoms with E-state index in [0.717, 1.165) is 29.0 Å². The normalized spacial score (nSPS) is 11.0. The molecule has 0 fully saturated rings. The van der Waals surface area contributed by atoms with Crippen molar-refractivity contribution >= 4 is 43.8 Å². The molecule has 0 aliphatic carbocycles. The first kappa shape index (κ1) is 17.2. The maximum Gasteiger partial charge on any atom is 0.333 e. The molecule has 6 heteroatoms. The summed E-state index contributed by atoms with van der Waals surface area (Å²) in [5.41, 5.74) is 15.4. The van der Waals surface area contributed by atoms with Crippen molar-refractivity contribution < 1.29 is 9.36 Å². The molecule has 3 rings (SSSR count). The standard InChI is InChI=1S/C19H22N4OS/c1-3-22(4-2)15-8-5-13(6-9-15)17(24)12-23-16-10-7-14(20)11-18(16)25-19(23)21/h5-11,21H,3-4,12,20H2,1-2H3/p+1. The van der Waals surface area contributed by atoms with Gasteiger partial charge in [0.2, 0.25) is 5.78 Å². The second-order valence-electron chi connectivity index (χ2n) is 5.90. The van der Waals surface area contributed by atoms with Crippen molar-refractivity contribution in [1.82, 2.24) is 0 Å². The Kier molecular flexibility index (Phi) is 4.90. The summed E-state index contributed by atoms with van der Waals surface area (Å²) in [6.07, 6.45) is 0. The molecule has 4 N–H and O–H groups in total. The molecule has 0 aliphatic heterocycles. The molecule has 130 valence electrons. The Labute approximate surface area is 151 Å². The molecular formula is C19H23N4OS+. The van der Waals surface area contributed by atoms with Crippen molar-refractivity contribution in [2.45, 2.75) is 20.4 Å². The number of nitrogens with zero attached hydrogens (tertiary/aromatic N) is 2. The molecule has 5 nitrogen and oxygen atoms in total. The number of anilines is 3. The van der Waals surface area contributed by atoms with Gasteiger partial charge < -0.3 is 10.6 Å². The average molecular weight is 355 g/mol. The van der Waals surface area contributed by atoms with Gasteiger partial charge in [0, 0.05) is 30.0 Å². The third-order valence-electron chi connectivity index (χ3n) is 4.37. The minimum atomic E-state index is 0.0410. The highest BCUT2D eigenvalue weighted by Gasteiger charge is 2.19. The number of aromatic nitrogens is 1. The summed E-state index contributed by atoms with van der Waals surface area (Å²) in [7, 11) is 0. The van der Waals surface area contributed by atoms with Crippen molar-refractivity contribution in [3.8, 4) is 0 Å². The first-order valence-corrected chi connectivity index (χ1v) is 9.20. The molecule has 0 spiro atoms. The van der Waals surface area contributed by atoms with E-state index < -0.39 is 0 Å². The van der Waals surface area contributed by atoms with Crippen LogP contribution in [0.2, 0.25) is 0 Å². The summed E-state index contributed by atoms with van der Waals surface area (Å²) in [5, 5.41) is 0.605. The SMILES string of the molecule is CCN(CC)c1ccc(C(=O)C[n+]2c(N)sc3cc(N)ccc32)cc1. The fraction of sp³-hybridized carbons (Fsp3) is 0.263. The second kappa shape index (κ2) is 7.11. The van der Waals surface area contributed by atoms with Crippen molar-refractivity contribution in [1.29, 1.82) is 0 Å². The largest absolute Gasteiger partial charge is 0.399 e. The number of ketones is 1. The number of nitrogens with two attached hydrogens (primary N) is 2. The fourth-order valence-electron chi connectivity index (χ4n) is 2.97. The molecule has 1 heterocycles.